The average Bonchev–Trinajstić information content (AvgIpc) is 3.11. The molecule has 2 heterocycles. The van der Waals surface area contributed by atoms with E-state index in [0.717, 1.165) is 39.8 Å². The lowest BCUT2D eigenvalue weighted by Crippen LogP contribution is -2.43. The van der Waals surface area contributed by atoms with E-state index < -0.39 is 0 Å². The molecule has 3 aromatic rings. The van der Waals surface area contributed by atoms with Gasteiger partial charge in [0.25, 0.3) is 5.91 Å². The quantitative estimate of drug-likeness (QED) is 0.578. The van der Waals surface area contributed by atoms with Crippen LogP contribution in [0, 0.1) is 6.92 Å². The number of morpholine rings is 1. The van der Waals surface area contributed by atoms with Crippen LogP contribution in [0.15, 0.2) is 51.4 Å². The zero-order valence-corrected chi connectivity index (χ0v) is 18.7. The van der Waals surface area contributed by atoms with E-state index in [0.29, 0.717) is 31.1 Å². The van der Waals surface area contributed by atoms with E-state index in [-0.39, 0.29) is 11.9 Å². The highest BCUT2D eigenvalue weighted by atomic mass is 79.9. The third-order valence-corrected chi connectivity index (χ3v) is 6.04. The van der Waals surface area contributed by atoms with Crippen LogP contribution < -0.4 is 10.1 Å². The van der Waals surface area contributed by atoms with Gasteiger partial charge in [0.2, 0.25) is 0 Å². The minimum absolute atomic E-state index is 0.0441. The average molecular weight is 473 g/mol. The summed E-state index contributed by atoms with van der Waals surface area (Å²) < 4.78 is 17.6. The number of amides is 1. The number of nitrogens with one attached hydrogen (secondary N) is 1. The van der Waals surface area contributed by atoms with Crippen molar-refractivity contribution >= 4 is 32.8 Å². The molecule has 1 saturated heterocycles. The number of methoxy groups -OCH3 is 1. The summed E-state index contributed by atoms with van der Waals surface area (Å²) in [4.78, 5) is 15.3. The number of fused-ring (bicyclic) bond motifs is 1. The van der Waals surface area contributed by atoms with Gasteiger partial charge in [0.15, 0.2) is 5.76 Å². The highest BCUT2D eigenvalue weighted by Crippen LogP contribution is 2.28. The van der Waals surface area contributed by atoms with Gasteiger partial charge in [-0.3, -0.25) is 9.69 Å². The number of carbonyl (C=O) groups is 1. The van der Waals surface area contributed by atoms with Gasteiger partial charge in [-0.1, -0.05) is 28.1 Å². The van der Waals surface area contributed by atoms with Crippen molar-refractivity contribution in [3.63, 3.8) is 0 Å². The first-order chi connectivity index (χ1) is 14.6. The molecule has 6 nitrogen and oxygen atoms in total. The summed E-state index contributed by atoms with van der Waals surface area (Å²) in [6, 6.07) is 13.8. The zero-order valence-electron chi connectivity index (χ0n) is 17.1. The van der Waals surface area contributed by atoms with Crippen LogP contribution in [0.4, 0.5) is 0 Å². The van der Waals surface area contributed by atoms with Gasteiger partial charge in [0.1, 0.15) is 11.3 Å². The number of furan rings is 1. The second-order valence-electron chi connectivity index (χ2n) is 7.34. The number of benzene rings is 2. The summed E-state index contributed by atoms with van der Waals surface area (Å²) in [5.74, 6) is 0.970. The lowest BCUT2D eigenvalue weighted by Gasteiger charge is -2.35. The van der Waals surface area contributed by atoms with Crippen LogP contribution in [-0.2, 0) is 4.74 Å². The third-order valence-electron chi connectivity index (χ3n) is 5.55. The van der Waals surface area contributed by atoms with E-state index >= 15 is 0 Å². The van der Waals surface area contributed by atoms with Crippen LogP contribution in [0.3, 0.4) is 0 Å². The predicted octanol–water partition coefficient (Wildman–Crippen LogP) is 4.32. The second kappa shape index (κ2) is 9.20. The van der Waals surface area contributed by atoms with E-state index in [1.54, 1.807) is 7.11 Å². The van der Waals surface area contributed by atoms with Gasteiger partial charge in [-0.15, -0.1) is 0 Å². The molecule has 1 aromatic heterocycles. The molecule has 1 N–H and O–H groups in total. The molecule has 1 atom stereocenters. The molecule has 0 unspecified atom stereocenters. The standard InChI is InChI=1S/C23H25BrN2O4/c1-15-19-13-17(24)5-8-21(19)30-22(15)23(27)25-14-20(26-9-11-29-12-10-26)16-3-6-18(28-2)7-4-16/h3-8,13,20H,9-12,14H2,1-2H3,(H,25,27)/t20-/m1/s1. The first kappa shape index (κ1) is 20.9. The smallest absolute Gasteiger partial charge is 0.287 e. The number of ether oxygens (including phenoxy) is 2. The van der Waals surface area contributed by atoms with E-state index in [9.17, 15) is 4.79 Å². The lowest BCUT2D eigenvalue weighted by atomic mass is 10.0. The Bertz CT molecular complexity index is 1030. The van der Waals surface area contributed by atoms with Gasteiger partial charge in [0.05, 0.1) is 26.4 Å². The molecule has 30 heavy (non-hydrogen) atoms. The minimum Gasteiger partial charge on any atom is -0.497 e. The maximum Gasteiger partial charge on any atom is 0.287 e. The van der Waals surface area contributed by atoms with Gasteiger partial charge in [-0.2, -0.15) is 0 Å². The van der Waals surface area contributed by atoms with Gasteiger partial charge >= 0.3 is 0 Å². The SMILES string of the molecule is COc1ccc([C@@H](CNC(=O)c2oc3ccc(Br)cc3c2C)N2CCOCC2)cc1. The Kier molecular flexibility index (Phi) is 6.41. The molecule has 7 heteroatoms. The number of hydrogen-bond donors (Lipinski definition) is 1. The molecule has 0 radical (unpaired) electrons. The number of hydrogen-bond acceptors (Lipinski definition) is 5. The molecule has 4 rings (SSSR count). The summed E-state index contributed by atoms with van der Waals surface area (Å²) in [5.41, 5.74) is 2.68. The first-order valence-electron chi connectivity index (χ1n) is 9.99. The van der Waals surface area contributed by atoms with E-state index in [2.05, 4.69) is 38.3 Å². The van der Waals surface area contributed by atoms with Crippen LogP contribution in [-0.4, -0.2) is 50.8 Å². The van der Waals surface area contributed by atoms with Crippen molar-refractivity contribution in [1.82, 2.24) is 10.2 Å². The van der Waals surface area contributed by atoms with E-state index in [1.165, 1.54) is 0 Å². The monoisotopic (exact) mass is 472 g/mol. The third kappa shape index (κ3) is 4.38. The largest absolute Gasteiger partial charge is 0.497 e. The Hall–Kier alpha value is -2.35. The highest BCUT2D eigenvalue weighted by molar-refractivity contribution is 9.10. The van der Waals surface area contributed by atoms with Crippen molar-refractivity contribution in [2.75, 3.05) is 40.0 Å². The van der Waals surface area contributed by atoms with Crippen LogP contribution in [0.1, 0.15) is 27.7 Å². The maximum atomic E-state index is 13.0. The van der Waals surface area contributed by atoms with Crippen molar-refractivity contribution in [3.05, 3.63) is 63.8 Å². The number of nitrogens with zero attached hydrogens (tertiary/aromatic N) is 1. The lowest BCUT2D eigenvalue weighted by molar-refractivity contribution is 0.0161. The van der Waals surface area contributed by atoms with Crippen LogP contribution in [0.5, 0.6) is 5.75 Å². The van der Waals surface area contributed by atoms with Gasteiger partial charge in [-0.05, 0) is 42.8 Å². The maximum absolute atomic E-state index is 13.0. The fourth-order valence-corrected chi connectivity index (χ4v) is 4.21. The summed E-state index contributed by atoms with van der Waals surface area (Å²) >= 11 is 3.48. The minimum atomic E-state index is -0.202. The Balaban J connectivity index is 1.54. The second-order valence-corrected chi connectivity index (χ2v) is 8.26. The Labute approximate surface area is 184 Å². The van der Waals surface area contributed by atoms with Crippen molar-refractivity contribution in [1.29, 1.82) is 0 Å². The van der Waals surface area contributed by atoms with Crippen LogP contribution in [0.25, 0.3) is 11.0 Å². The molecule has 2 aromatic carbocycles. The van der Waals surface area contributed by atoms with Crippen molar-refractivity contribution in [3.8, 4) is 5.75 Å². The van der Waals surface area contributed by atoms with Crippen molar-refractivity contribution < 1.29 is 18.7 Å². The molecule has 1 aliphatic heterocycles. The molecule has 1 aliphatic rings. The number of halogens is 1. The fourth-order valence-electron chi connectivity index (χ4n) is 3.85. The Morgan fingerprint density at radius 2 is 1.93 bits per heavy atom. The normalized spacial score (nSPS) is 15.8. The fraction of sp³-hybridized carbons (Fsp3) is 0.348. The number of aryl methyl sites for hydroxylation is 1. The molecular formula is C23H25BrN2O4. The van der Waals surface area contributed by atoms with E-state index in [1.807, 2.05) is 37.3 Å². The summed E-state index contributed by atoms with van der Waals surface area (Å²) in [6.07, 6.45) is 0. The first-order valence-corrected chi connectivity index (χ1v) is 10.8. The van der Waals surface area contributed by atoms with Crippen molar-refractivity contribution in [2.24, 2.45) is 0 Å². The molecular weight excluding hydrogens is 448 g/mol. The summed E-state index contributed by atoms with van der Waals surface area (Å²) in [5, 5.41) is 4.02. The number of rotatable bonds is 6. The van der Waals surface area contributed by atoms with Gasteiger partial charge in [-0.25, -0.2) is 0 Å². The zero-order chi connectivity index (χ0) is 21.1. The summed E-state index contributed by atoms with van der Waals surface area (Å²) in [6.45, 7) is 5.42. The Morgan fingerprint density at radius 3 is 2.63 bits per heavy atom. The Morgan fingerprint density at radius 1 is 1.20 bits per heavy atom. The van der Waals surface area contributed by atoms with Crippen LogP contribution in [0.2, 0.25) is 0 Å². The van der Waals surface area contributed by atoms with Crippen LogP contribution >= 0.6 is 15.9 Å². The summed E-state index contributed by atoms with van der Waals surface area (Å²) in [7, 11) is 1.66. The number of carbonyl (C=O) groups excluding carboxylic acids is 1. The van der Waals surface area contributed by atoms with Crippen molar-refractivity contribution in [2.45, 2.75) is 13.0 Å². The molecule has 1 amide bonds. The molecule has 0 bridgehead atoms. The predicted molar refractivity (Wildman–Crippen MR) is 119 cm³/mol. The van der Waals surface area contributed by atoms with E-state index in [4.69, 9.17) is 13.9 Å². The molecule has 0 saturated carbocycles. The van der Waals surface area contributed by atoms with Gasteiger partial charge < -0.3 is 19.2 Å². The molecule has 158 valence electrons. The topological polar surface area (TPSA) is 63.9 Å². The molecule has 0 spiro atoms. The highest BCUT2D eigenvalue weighted by Gasteiger charge is 2.25. The molecule has 0 aliphatic carbocycles. The van der Waals surface area contributed by atoms with Gasteiger partial charge in [0, 0.05) is 35.1 Å². The molecule has 1 fully saturated rings.